The molecule has 1 aliphatic heterocycles. The summed E-state index contributed by atoms with van der Waals surface area (Å²) >= 11 is 0. The van der Waals surface area contributed by atoms with E-state index in [0.29, 0.717) is 12.5 Å². The van der Waals surface area contributed by atoms with Gasteiger partial charge in [-0.25, -0.2) is 5.01 Å². The van der Waals surface area contributed by atoms with E-state index in [4.69, 9.17) is 11.3 Å². The van der Waals surface area contributed by atoms with Crippen molar-refractivity contribution < 1.29 is 0 Å². The molecule has 1 rings (SSSR count). The van der Waals surface area contributed by atoms with Crippen molar-refractivity contribution >= 4 is 5.71 Å². The summed E-state index contributed by atoms with van der Waals surface area (Å²) in [6.45, 7) is 2.83. The largest absolute Gasteiger partial charge is 0.308 e. The van der Waals surface area contributed by atoms with Crippen LogP contribution in [-0.4, -0.2) is 49.4 Å². The molecule has 4 heteroatoms. The Morgan fingerprint density at radius 1 is 1.54 bits per heavy atom. The normalized spacial score (nSPS) is 20.9. The van der Waals surface area contributed by atoms with Gasteiger partial charge in [-0.05, 0) is 33.0 Å². The smallest absolute Gasteiger partial charge is 0.0505 e. The average Bonchev–Trinajstić information content (AvgIpc) is 2.04. The number of nitrogens with two attached hydrogens (primary N) is 1. The standard InChI is InChI=1S/C9H20N4/c1-12-5-3-8(4-6-12)9(10)7-13(2)11/h8,10H,3-7,11H2,1-2H3. The zero-order chi connectivity index (χ0) is 9.84. The topological polar surface area (TPSA) is 56.4 Å². The van der Waals surface area contributed by atoms with E-state index < -0.39 is 0 Å². The molecule has 0 atom stereocenters. The number of hydrogen-bond donors (Lipinski definition) is 2. The lowest BCUT2D eigenvalue weighted by molar-refractivity contribution is 0.248. The van der Waals surface area contributed by atoms with E-state index in [0.717, 1.165) is 31.6 Å². The van der Waals surface area contributed by atoms with Gasteiger partial charge in [0.1, 0.15) is 0 Å². The van der Waals surface area contributed by atoms with Gasteiger partial charge in [0.25, 0.3) is 0 Å². The lowest BCUT2D eigenvalue weighted by Gasteiger charge is -2.29. The van der Waals surface area contributed by atoms with Gasteiger partial charge in [0.05, 0.1) is 6.54 Å². The molecule has 0 aromatic rings. The highest BCUT2D eigenvalue weighted by Crippen LogP contribution is 2.16. The van der Waals surface area contributed by atoms with E-state index >= 15 is 0 Å². The highest BCUT2D eigenvalue weighted by Gasteiger charge is 2.20. The average molecular weight is 184 g/mol. The SMILES string of the molecule is CN(N)CC(=N)C1CCN(C)CC1. The van der Waals surface area contributed by atoms with Crippen LogP contribution in [0.1, 0.15) is 12.8 Å². The van der Waals surface area contributed by atoms with Crippen LogP contribution in [0.4, 0.5) is 0 Å². The van der Waals surface area contributed by atoms with Crippen LogP contribution in [0.3, 0.4) is 0 Å². The predicted molar refractivity (Wildman–Crippen MR) is 54.8 cm³/mol. The Hall–Kier alpha value is -0.450. The molecule has 0 aliphatic carbocycles. The Bertz CT molecular complexity index is 170. The number of nitrogens with zero attached hydrogens (tertiary/aromatic N) is 2. The second-order valence-electron chi connectivity index (χ2n) is 4.02. The van der Waals surface area contributed by atoms with Gasteiger partial charge >= 0.3 is 0 Å². The number of hydrazine groups is 1. The van der Waals surface area contributed by atoms with Crippen molar-refractivity contribution in [1.82, 2.24) is 9.91 Å². The van der Waals surface area contributed by atoms with Crippen LogP contribution < -0.4 is 5.84 Å². The Morgan fingerprint density at radius 3 is 2.54 bits per heavy atom. The molecule has 1 saturated heterocycles. The molecular formula is C9H20N4. The second-order valence-corrected chi connectivity index (χ2v) is 4.02. The first-order chi connectivity index (χ1) is 6.09. The molecule has 1 fully saturated rings. The van der Waals surface area contributed by atoms with E-state index in [1.165, 1.54) is 0 Å². The van der Waals surface area contributed by atoms with E-state index in [9.17, 15) is 0 Å². The minimum absolute atomic E-state index is 0.460. The Balaban J connectivity index is 2.31. The predicted octanol–water partition coefficient (Wildman–Crippen LogP) is 0.153. The number of piperidine rings is 1. The Morgan fingerprint density at radius 2 is 2.08 bits per heavy atom. The van der Waals surface area contributed by atoms with Crippen molar-refractivity contribution in [3.8, 4) is 0 Å². The summed E-state index contributed by atoms with van der Waals surface area (Å²) in [5.74, 6) is 5.97. The van der Waals surface area contributed by atoms with Crippen LogP contribution in [0, 0.1) is 11.3 Å². The summed E-state index contributed by atoms with van der Waals surface area (Å²) in [5.41, 5.74) is 0.790. The number of hydrogen-bond acceptors (Lipinski definition) is 4. The molecule has 0 radical (unpaired) electrons. The fourth-order valence-corrected chi connectivity index (χ4v) is 1.75. The lowest BCUT2D eigenvalue weighted by atomic mass is 9.92. The van der Waals surface area contributed by atoms with Gasteiger partial charge in [-0.2, -0.15) is 0 Å². The molecule has 13 heavy (non-hydrogen) atoms. The van der Waals surface area contributed by atoms with Gasteiger partial charge < -0.3 is 10.3 Å². The van der Waals surface area contributed by atoms with Gasteiger partial charge in [-0.15, -0.1) is 0 Å². The maximum Gasteiger partial charge on any atom is 0.0505 e. The van der Waals surface area contributed by atoms with Crippen LogP contribution in [0.5, 0.6) is 0 Å². The van der Waals surface area contributed by atoms with Gasteiger partial charge in [0.15, 0.2) is 0 Å². The number of likely N-dealkylation sites (tertiary alicyclic amines) is 1. The van der Waals surface area contributed by atoms with Crippen molar-refractivity contribution in [1.29, 1.82) is 5.41 Å². The third kappa shape index (κ3) is 3.42. The summed E-state index contributed by atoms with van der Waals surface area (Å²) in [5, 5.41) is 9.42. The second kappa shape index (κ2) is 4.69. The van der Waals surface area contributed by atoms with Gasteiger partial charge in [0.2, 0.25) is 0 Å². The number of rotatable bonds is 3. The van der Waals surface area contributed by atoms with Crippen LogP contribution in [0.15, 0.2) is 0 Å². The Kier molecular flexibility index (Phi) is 3.84. The third-order valence-electron chi connectivity index (χ3n) is 2.63. The lowest BCUT2D eigenvalue weighted by Crippen LogP contribution is -2.39. The molecule has 0 spiro atoms. The molecule has 0 saturated carbocycles. The van der Waals surface area contributed by atoms with Crippen LogP contribution in [0.2, 0.25) is 0 Å². The summed E-state index contributed by atoms with van der Waals surface area (Å²) < 4.78 is 0. The maximum atomic E-state index is 7.84. The molecule has 0 bridgehead atoms. The molecule has 1 aliphatic rings. The zero-order valence-corrected chi connectivity index (χ0v) is 8.58. The molecule has 4 nitrogen and oxygen atoms in total. The quantitative estimate of drug-likeness (QED) is 0.373. The summed E-state index contributed by atoms with van der Waals surface area (Å²) in [4.78, 5) is 2.32. The summed E-state index contributed by atoms with van der Waals surface area (Å²) in [7, 11) is 3.94. The maximum absolute atomic E-state index is 7.84. The number of nitrogens with one attached hydrogen (secondary N) is 1. The molecule has 0 unspecified atom stereocenters. The molecule has 0 amide bonds. The van der Waals surface area contributed by atoms with Crippen LogP contribution in [-0.2, 0) is 0 Å². The van der Waals surface area contributed by atoms with Crippen molar-refractivity contribution in [2.45, 2.75) is 12.8 Å². The van der Waals surface area contributed by atoms with E-state index in [1.54, 1.807) is 5.01 Å². The molecule has 0 aromatic carbocycles. The third-order valence-corrected chi connectivity index (χ3v) is 2.63. The molecule has 0 aromatic heterocycles. The van der Waals surface area contributed by atoms with Crippen molar-refractivity contribution in [3.05, 3.63) is 0 Å². The monoisotopic (exact) mass is 184 g/mol. The minimum Gasteiger partial charge on any atom is -0.308 e. The first-order valence-corrected chi connectivity index (χ1v) is 4.81. The fourth-order valence-electron chi connectivity index (χ4n) is 1.75. The molecule has 1 heterocycles. The van der Waals surface area contributed by atoms with Crippen molar-refractivity contribution in [2.75, 3.05) is 33.7 Å². The first kappa shape index (κ1) is 10.6. The van der Waals surface area contributed by atoms with Crippen molar-refractivity contribution in [3.63, 3.8) is 0 Å². The Labute approximate surface area is 80.2 Å². The first-order valence-electron chi connectivity index (χ1n) is 4.81. The van der Waals surface area contributed by atoms with Crippen molar-refractivity contribution in [2.24, 2.45) is 11.8 Å². The van der Waals surface area contributed by atoms with E-state index in [1.807, 2.05) is 7.05 Å². The van der Waals surface area contributed by atoms with Gasteiger partial charge in [-0.1, -0.05) is 0 Å². The zero-order valence-electron chi connectivity index (χ0n) is 8.58. The molecule has 76 valence electrons. The van der Waals surface area contributed by atoms with E-state index in [2.05, 4.69) is 11.9 Å². The highest BCUT2D eigenvalue weighted by molar-refractivity contribution is 5.85. The fraction of sp³-hybridized carbons (Fsp3) is 0.889. The molecule has 3 N–H and O–H groups in total. The summed E-state index contributed by atoms with van der Waals surface area (Å²) in [6.07, 6.45) is 2.23. The minimum atomic E-state index is 0.460. The van der Waals surface area contributed by atoms with Crippen LogP contribution in [0.25, 0.3) is 0 Å². The van der Waals surface area contributed by atoms with Gasteiger partial charge in [-0.3, -0.25) is 5.84 Å². The highest BCUT2D eigenvalue weighted by atomic mass is 15.4. The molecular weight excluding hydrogens is 164 g/mol. The summed E-state index contributed by atoms with van der Waals surface area (Å²) in [6, 6.07) is 0. The van der Waals surface area contributed by atoms with E-state index in [-0.39, 0.29) is 0 Å². The van der Waals surface area contributed by atoms with Gasteiger partial charge in [0, 0.05) is 18.7 Å². The van der Waals surface area contributed by atoms with Crippen LogP contribution >= 0.6 is 0 Å².